The summed E-state index contributed by atoms with van der Waals surface area (Å²) in [6.45, 7) is 1.78. The highest BCUT2D eigenvalue weighted by molar-refractivity contribution is 7.98. The Labute approximate surface area is 196 Å². The number of amides is 1. The smallest absolute Gasteiger partial charge is 0.339 e. The number of hydrogen-bond donors (Lipinski definition) is 2. The third-order valence-corrected chi connectivity index (χ3v) is 6.57. The Hall–Kier alpha value is -3.03. The van der Waals surface area contributed by atoms with Crippen LogP contribution in [-0.4, -0.2) is 35.7 Å². The van der Waals surface area contributed by atoms with Crippen molar-refractivity contribution >= 4 is 39.6 Å². The number of aliphatic hydroxyl groups excluding tert-OH is 1. The summed E-state index contributed by atoms with van der Waals surface area (Å²) in [5.41, 5.74) is 3.98. The Balaban J connectivity index is 1.62. The predicted octanol–water partition coefficient (Wildman–Crippen LogP) is 4.68. The number of fused-ring (bicyclic) bond motifs is 2. The lowest BCUT2D eigenvalue weighted by molar-refractivity contribution is -0.122. The van der Waals surface area contributed by atoms with Crippen LogP contribution in [0.25, 0.3) is 33.1 Å². The minimum absolute atomic E-state index is 0.103. The van der Waals surface area contributed by atoms with Crippen LogP contribution in [0.15, 0.2) is 62.4 Å². The molecule has 0 fully saturated rings. The van der Waals surface area contributed by atoms with E-state index in [1.165, 1.54) is 0 Å². The second kappa shape index (κ2) is 10.3. The van der Waals surface area contributed by atoms with E-state index < -0.39 is 5.63 Å². The molecule has 0 aliphatic heterocycles. The average Bonchev–Trinajstić information content (AvgIpc) is 3.24. The number of thioether (sulfide) groups is 1. The summed E-state index contributed by atoms with van der Waals surface area (Å²) < 4.78 is 11.3. The fourth-order valence-electron chi connectivity index (χ4n) is 4.05. The van der Waals surface area contributed by atoms with Crippen molar-refractivity contribution in [3.8, 4) is 11.1 Å². The number of aryl methyl sites for hydroxylation is 1. The second-order valence-electron chi connectivity index (χ2n) is 8.08. The average molecular weight is 466 g/mol. The molecule has 1 amide bonds. The van der Waals surface area contributed by atoms with E-state index in [9.17, 15) is 14.7 Å². The molecule has 1 atom stereocenters. The van der Waals surface area contributed by atoms with Gasteiger partial charge in [-0.25, -0.2) is 4.79 Å². The van der Waals surface area contributed by atoms with Crippen LogP contribution in [0, 0.1) is 6.92 Å². The van der Waals surface area contributed by atoms with E-state index in [-0.39, 0.29) is 31.4 Å². The molecule has 0 aliphatic rings. The highest BCUT2D eigenvalue weighted by Gasteiger charge is 2.17. The van der Waals surface area contributed by atoms with Crippen LogP contribution >= 0.6 is 11.8 Å². The number of carbonyl (C=O) groups is 1. The van der Waals surface area contributed by atoms with Gasteiger partial charge in [0.25, 0.3) is 0 Å². The van der Waals surface area contributed by atoms with E-state index in [2.05, 4.69) is 5.32 Å². The van der Waals surface area contributed by atoms with Gasteiger partial charge in [0.05, 0.1) is 18.9 Å². The van der Waals surface area contributed by atoms with E-state index in [4.69, 9.17) is 8.83 Å². The molecule has 0 radical (unpaired) electrons. The monoisotopic (exact) mass is 465 g/mol. The van der Waals surface area contributed by atoms with Crippen LogP contribution in [0.1, 0.15) is 24.0 Å². The number of rotatable bonds is 9. The maximum Gasteiger partial charge on any atom is 0.339 e. The highest BCUT2D eigenvalue weighted by atomic mass is 32.2. The number of furan rings is 1. The molecule has 33 heavy (non-hydrogen) atoms. The number of hydrogen-bond acceptors (Lipinski definition) is 6. The van der Waals surface area contributed by atoms with Crippen LogP contribution < -0.4 is 10.9 Å². The van der Waals surface area contributed by atoms with E-state index >= 15 is 0 Å². The zero-order valence-corrected chi connectivity index (χ0v) is 19.5. The van der Waals surface area contributed by atoms with Crippen molar-refractivity contribution in [3.63, 3.8) is 0 Å². The Morgan fingerprint density at radius 3 is 2.67 bits per heavy atom. The van der Waals surface area contributed by atoms with Crippen molar-refractivity contribution in [2.24, 2.45) is 0 Å². The molecule has 7 heteroatoms. The van der Waals surface area contributed by atoms with Gasteiger partial charge in [0.1, 0.15) is 11.2 Å². The highest BCUT2D eigenvalue weighted by Crippen LogP contribution is 2.34. The molecule has 172 valence electrons. The molecule has 0 saturated heterocycles. The number of nitrogens with one attached hydrogen (secondary N) is 1. The van der Waals surface area contributed by atoms with Crippen molar-refractivity contribution < 1.29 is 18.7 Å². The molecule has 6 nitrogen and oxygen atoms in total. The molecule has 0 bridgehead atoms. The molecule has 2 heterocycles. The van der Waals surface area contributed by atoms with Crippen molar-refractivity contribution in [1.82, 2.24) is 5.32 Å². The van der Waals surface area contributed by atoms with Gasteiger partial charge in [0.2, 0.25) is 5.91 Å². The Morgan fingerprint density at radius 1 is 1.15 bits per heavy atom. The van der Waals surface area contributed by atoms with Crippen molar-refractivity contribution in [2.75, 3.05) is 18.6 Å². The molecule has 2 aromatic carbocycles. The van der Waals surface area contributed by atoms with Crippen LogP contribution in [-0.2, 0) is 11.2 Å². The van der Waals surface area contributed by atoms with Gasteiger partial charge in [-0.3, -0.25) is 4.79 Å². The lowest BCUT2D eigenvalue weighted by Gasteiger charge is -2.16. The Kier molecular flexibility index (Phi) is 7.20. The van der Waals surface area contributed by atoms with Gasteiger partial charge in [-0.1, -0.05) is 30.3 Å². The first-order chi connectivity index (χ1) is 16.0. The summed E-state index contributed by atoms with van der Waals surface area (Å²) in [5, 5.41) is 14.1. The van der Waals surface area contributed by atoms with Gasteiger partial charge >= 0.3 is 5.63 Å². The van der Waals surface area contributed by atoms with Gasteiger partial charge in [-0.15, -0.1) is 0 Å². The van der Waals surface area contributed by atoms with E-state index in [0.717, 1.165) is 33.2 Å². The largest absolute Gasteiger partial charge is 0.464 e. The second-order valence-corrected chi connectivity index (χ2v) is 9.07. The first-order valence-corrected chi connectivity index (χ1v) is 12.3. The van der Waals surface area contributed by atoms with Crippen molar-refractivity contribution in [2.45, 2.75) is 32.2 Å². The maximum atomic E-state index is 12.7. The van der Waals surface area contributed by atoms with Gasteiger partial charge in [0, 0.05) is 34.4 Å². The SMILES string of the molecule is CSCC[C@@H](CO)NC(=O)CCc1c(C)c2cc3c(-c4ccccc4)coc3cc2oc1=O. The summed E-state index contributed by atoms with van der Waals surface area (Å²) >= 11 is 1.67. The number of benzene rings is 2. The Bertz CT molecular complexity index is 1330. The topological polar surface area (TPSA) is 92.7 Å². The molecule has 0 aliphatic carbocycles. The van der Waals surface area contributed by atoms with Crippen LogP contribution in [0.2, 0.25) is 0 Å². The van der Waals surface area contributed by atoms with Gasteiger partial charge < -0.3 is 19.3 Å². The van der Waals surface area contributed by atoms with Crippen molar-refractivity contribution in [3.05, 3.63) is 70.3 Å². The first kappa shape index (κ1) is 23.1. The van der Waals surface area contributed by atoms with Gasteiger partial charge in [0.15, 0.2) is 0 Å². The molecule has 0 unspecified atom stereocenters. The third-order valence-electron chi connectivity index (χ3n) is 5.92. The first-order valence-electron chi connectivity index (χ1n) is 10.9. The summed E-state index contributed by atoms with van der Waals surface area (Å²) in [6.07, 6.45) is 4.82. The fourth-order valence-corrected chi connectivity index (χ4v) is 4.57. The molecular formula is C26H27NO5S. The van der Waals surface area contributed by atoms with Crippen molar-refractivity contribution in [1.29, 1.82) is 0 Å². The Morgan fingerprint density at radius 2 is 1.94 bits per heavy atom. The summed E-state index contributed by atoms with van der Waals surface area (Å²) in [5.74, 6) is 0.664. The zero-order chi connectivity index (χ0) is 23.4. The standard InChI is InChI=1S/C26H27NO5S/c1-16-19(8-9-25(29)27-18(14-28)10-11-33-2)26(30)32-24-13-23-21(12-20(16)24)22(15-31-23)17-6-4-3-5-7-17/h3-7,12-13,15,18,28H,8-11,14H2,1-2H3,(H,27,29)/t18-/m0/s1. The lowest BCUT2D eigenvalue weighted by Crippen LogP contribution is -2.38. The van der Waals surface area contributed by atoms with E-state index in [0.29, 0.717) is 23.2 Å². The quantitative estimate of drug-likeness (QED) is 0.349. The summed E-state index contributed by atoms with van der Waals surface area (Å²) in [7, 11) is 0. The van der Waals surface area contributed by atoms with Gasteiger partial charge in [-0.05, 0) is 49.0 Å². The minimum Gasteiger partial charge on any atom is -0.464 e. The lowest BCUT2D eigenvalue weighted by atomic mass is 9.99. The predicted molar refractivity (Wildman–Crippen MR) is 133 cm³/mol. The van der Waals surface area contributed by atoms with E-state index in [1.54, 1.807) is 24.1 Å². The summed E-state index contributed by atoms with van der Waals surface area (Å²) in [6, 6.07) is 13.4. The maximum absolute atomic E-state index is 12.7. The molecule has 2 aromatic heterocycles. The molecule has 4 rings (SSSR count). The molecular weight excluding hydrogens is 438 g/mol. The summed E-state index contributed by atoms with van der Waals surface area (Å²) in [4.78, 5) is 25.1. The number of aliphatic hydroxyl groups is 1. The van der Waals surface area contributed by atoms with Gasteiger partial charge in [-0.2, -0.15) is 11.8 Å². The molecule has 0 spiro atoms. The number of carbonyl (C=O) groups excluding carboxylic acids is 1. The van der Waals surface area contributed by atoms with Crippen LogP contribution in [0.3, 0.4) is 0 Å². The minimum atomic E-state index is -0.442. The molecule has 0 saturated carbocycles. The zero-order valence-electron chi connectivity index (χ0n) is 18.7. The van der Waals surface area contributed by atoms with Crippen LogP contribution in [0.5, 0.6) is 0 Å². The normalized spacial score (nSPS) is 12.3. The fraction of sp³-hybridized carbons (Fsp3) is 0.308. The molecule has 2 N–H and O–H groups in total. The molecule has 4 aromatic rings. The third kappa shape index (κ3) is 4.99. The van der Waals surface area contributed by atoms with Crippen LogP contribution in [0.4, 0.5) is 0 Å². The van der Waals surface area contributed by atoms with E-state index in [1.807, 2.05) is 49.6 Å².